The quantitative estimate of drug-likeness (QED) is 0.700. The molecule has 3 aromatic rings. The smallest absolute Gasteiger partial charge is 0.325 e. The number of esters is 1. The Balaban J connectivity index is 1.89. The number of furan rings is 1. The highest BCUT2D eigenvalue weighted by Gasteiger charge is 2.14. The molecular weight excluding hydrogens is 302 g/mol. The molecule has 0 saturated heterocycles. The molecule has 118 valence electrons. The van der Waals surface area contributed by atoms with Gasteiger partial charge in [0.15, 0.2) is 0 Å². The molecule has 8 nitrogen and oxygen atoms in total. The lowest BCUT2D eigenvalue weighted by Gasteiger charge is -2.05. The van der Waals surface area contributed by atoms with Gasteiger partial charge in [-0.05, 0) is 12.1 Å². The lowest BCUT2D eigenvalue weighted by atomic mass is 10.2. The number of nitrogens with zero attached hydrogens (tertiary/aromatic N) is 2. The van der Waals surface area contributed by atoms with Gasteiger partial charge in [0.2, 0.25) is 11.5 Å². The van der Waals surface area contributed by atoms with Crippen LogP contribution in [-0.2, 0) is 20.9 Å². The van der Waals surface area contributed by atoms with Gasteiger partial charge in [-0.3, -0.25) is 19.0 Å². The van der Waals surface area contributed by atoms with E-state index in [1.807, 2.05) is 6.07 Å². The highest BCUT2D eigenvalue weighted by Crippen LogP contribution is 2.23. The van der Waals surface area contributed by atoms with Crippen molar-refractivity contribution < 1.29 is 18.7 Å². The van der Waals surface area contributed by atoms with E-state index in [9.17, 15) is 14.4 Å². The zero-order valence-electron chi connectivity index (χ0n) is 12.2. The van der Waals surface area contributed by atoms with Crippen LogP contribution >= 0.6 is 0 Å². The summed E-state index contributed by atoms with van der Waals surface area (Å²) < 4.78 is 11.1. The van der Waals surface area contributed by atoms with Crippen LogP contribution in [0.2, 0.25) is 0 Å². The molecule has 8 heteroatoms. The second-order valence-electron chi connectivity index (χ2n) is 4.81. The van der Waals surface area contributed by atoms with Crippen molar-refractivity contribution in [1.29, 1.82) is 0 Å². The Morgan fingerprint density at radius 1 is 1.35 bits per heavy atom. The molecule has 0 atom stereocenters. The number of hydrogen-bond donors (Lipinski definition) is 1. The van der Waals surface area contributed by atoms with Gasteiger partial charge in [-0.15, -0.1) is 0 Å². The molecule has 0 unspecified atom stereocenters. The van der Waals surface area contributed by atoms with E-state index in [2.05, 4.69) is 15.0 Å². The molecule has 3 rings (SSSR count). The Labute approximate surface area is 129 Å². The van der Waals surface area contributed by atoms with Crippen LogP contribution in [0.1, 0.15) is 0 Å². The lowest BCUT2D eigenvalue weighted by Crippen LogP contribution is -2.35. The molecule has 0 saturated carbocycles. The molecule has 1 amide bonds. The van der Waals surface area contributed by atoms with E-state index in [1.54, 1.807) is 18.2 Å². The molecule has 2 aromatic heterocycles. The van der Waals surface area contributed by atoms with Crippen LogP contribution in [0, 0.1) is 0 Å². The second kappa shape index (κ2) is 5.91. The van der Waals surface area contributed by atoms with Crippen molar-refractivity contribution in [2.24, 2.45) is 0 Å². The molecule has 0 fully saturated rings. The number of aromatic nitrogens is 2. The summed E-state index contributed by atoms with van der Waals surface area (Å²) in [6, 6.07) is 7.17. The van der Waals surface area contributed by atoms with Gasteiger partial charge in [0.05, 0.1) is 13.4 Å². The Morgan fingerprint density at radius 2 is 2.13 bits per heavy atom. The van der Waals surface area contributed by atoms with E-state index in [0.29, 0.717) is 11.1 Å². The molecular formula is C15H13N3O5. The summed E-state index contributed by atoms with van der Waals surface area (Å²) in [6.07, 6.45) is 1.28. The van der Waals surface area contributed by atoms with Crippen LogP contribution in [0.4, 0.5) is 0 Å². The highest BCUT2D eigenvalue weighted by molar-refractivity contribution is 6.01. The maximum Gasteiger partial charge on any atom is 0.325 e. The molecule has 0 radical (unpaired) electrons. The van der Waals surface area contributed by atoms with E-state index in [-0.39, 0.29) is 18.7 Å². The number of amides is 1. The first-order valence-corrected chi connectivity index (χ1v) is 6.80. The lowest BCUT2D eigenvalue weighted by molar-refractivity contribution is -0.141. The van der Waals surface area contributed by atoms with E-state index in [0.717, 1.165) is 9.95 Å². The largest absolute Gasteiger partial charge is 0.468 e. The van der Waals surface area contributed by atoms with Crippen molar-refractivity contribution in [2.45, 2.75) is 6.54 Å². The van der Waals surface area contributed by atoms with Crippen molar-refractivity contribution in [3.05, 3.63) is 40.9 Å². The summed E-state index contributed by atoms with van der Waals surface area (Å²) in [4.78, 5) is 39.3. The van der Waals surface area contributed by atoms with Crippen molar-refractivity contribution >= 4 is 33.9 Å². The average Bonchev–Trinajstić information content (AvgIpc) is 2.94. The molecule has 0 aliphatic carbocycles. The van der Waals surface area contributed by atoms with E-state index in [1.165, 1.54) is 13.4 Å². The first-order chi connectivity index (χ1) is 11.1. The number of fused-ring (bicyclic) bond motifs is 3. The van der Waals surface area contributed by atoms with Crippen LogP contribution in [-0.4, -0.2) is 35.1 Å². The Hall–Kier alpha value is -3.16. The van der Waals surface area contributed by atoms with Crippen LogP contribution in [0.3, 0.4) is 0 Å². The monoisotopic (exact) mass is 315 g/mol. The van der Waals surface area contributed by atoms with Crippen molar-refractivity contribution in [3.63, 3.8) is 0 Å². The predicted octanol–water partition coefficient (Wildman–Crippen LogP) is 0.432. The number of para-hydroxylation sites is 1. The summed E-state index contributed by atoms with van der Waals surface area (Å²) in [5, 5.41) is 3.09. The van der Waals surface area contributed by atoms with E-state index in [4.69, 9.17) is 4.42 Å². The van der Waals surface area contributed by atoms with Crippen LogP contribution in [0.15, 0.2) is 39.8 Å². The first kappa shape index (κ1) is 14.8. The third-order valence-electron chi connectivity index (χ3n) is 3.32. The maximum atomic E-state index is 12.4. The number of carbonyl (C=O) groups is 2. The third kappa shape index (κ3) is 2.78. The summed E-state index contributed by atoms with van der Waals surface area (Å²) >= 11 is 0. The summed E-state index contributed by atoms with van der Waals surface area (Å²) in [5.41, 5.74) is 0.644. The fourth-order valence-corrected chi connectivity index (χ4v) is 2.18. The van der Waals surface area contributed by atoms with Gasteiger partial charge >= 0.3 is 5.97 Å². The van der Waals surface area contributed by atoms with E-state index >= 15 is 0 Å². The van der Waals surface area contributed by atoms with Gasteiger partial charge in [0, 0.05) is 5.39 Å². The standard InChI is InChI=1S/C15H13N3O5/c1-22-12(20)6-16-11(19)7-18-8-17-13-9-4-2-3-5-10(9)23-14(13)15(18)21/h2-5,8H,6-7H2,1H3,(H,16,19). The second-order valence-corrected chi connectivity index (χ2v) is 4.81. The van der Waals surface area contributed by atoms with Crippen LogP contribution in [0.5, 0.6) is 0 Å². The Morgan fingerprint density at radius 3 is 2.91 bits per heavy atom. The van der Waals surface area contributed by atoms with Crippen molar-refractivity contribution in [1.82, 2.24) is 14.9 Å². The molecule has 0 bridgehead atoms. The zero-order chi connectivity index (χ0) is 16.4. The molecule has 0 aliphatic heterocycles. The number of nitrogens with one attached hydrogen (secondary N) is 1. The number of carbonyl (C=O) groups excluding carboxylic acids is 2. The molecule has 23 heavy (non-hydrogen) atoms. The minimum Gasteiger partial charge on any atom is -0.468 e. The summed E-state index contributed by atoms with van der Waals surface area (Å²) in [7, 11) is 1.22. The molecule has 2 heterocycles. The minimum atomic E-state index is -0.573. The number of rotatable bonds is 4. The summed E-state index contributed by atoms with van der Waals surface area (Å²) in [6.45, 7) is -0.528. The van der Waals surface area contributed by atoms with Gasteiger partial charge < -0.3 is 14.5 Å². The fraction of sp³-hybridized carbons (Fsp3) is 0.200. The Bertz CT molecular complexity index is 957. The number of ether oxygens (including phenoxy) is 1. The van der Waals surface area contributed by atoms with Gasteiger partial charge in [-0.2, -0.15) is 0 Å². The third-order valence-corrected chi connectivity index (χ3v) is 3.32. The SMILES string of the molecule is COC(=O)CNC(=O)Cn1cnc2c(oc3ccccc32)c1=O. The van der Waals surface area contributed by atoms with Crippen molar-refractivity contribution in [2.75, 3.05) is 13.7 Å². The van der Waals surface area contributed by atoms with Gasteiger partial charge in [-0.1, -0.05) is 12.1 Å². The highest BCUT2D eigenvalue weighted by atomic mass is 16.5. The van der Waals surface area contributed by atoms with Gasteiger partial charge in [0.1, 0.15) is 24.2 Å². The van der Waals surface area contributed by atoms with Gasteiger partial charge in [-0.25, -0.2) is 4.98 Å². The van der Waals surface area contributed by atoms with Crippen LogP contribution < -0.4 is 10.9 Å². The number of hydrogen-bond acceptors (Lipinski definition) is 6. The number of methoxy groups -OCH3 is 1. The number of benzene rings is 1. The minimum absolute atomic E-state index is 0.0921. The molecule has 0 spiro atoms. The van der Waals surface area contributed by atoms with Crippen molar-refractivity contribution in [3.8, 4) is 0 Å². The first-order valence-electron chi connectivity index (χ1n) is 6.80. The predicted molar refractivity (Wildman–Crippen MR) is 80.8 cm³/mol. The van der Waals surface area contributed by atoms with Crippen LogP contribution in [0.25, 0.3) is 22.1 Å². The molecule has 1 aromatic carbocycles. The molecule has 0 aliphatic rings. The Kier molecular flexibility index (Phi) is 3.80. The normalized spacial score (nSPS) is 10.8. The fourth-order valence-electron chi connectivity index (χ4n) is 2.18. The summed E-state index contributed by atoms with van der Waals surface area (Å²) in [5.74, 6) is -1.08. The zero-order valence-corrected chi connectivity index (χ0v) is 12.2. The average molecular weight is 315 g/mol. The van der Waals surface area contributed by atoms with Gasteiger partial charge in [0.25, 0.3) is 5.56 Å². The topological polar surface area (TPSA) is 103 Å². The molecule has 1 N–H and O–H groups in total. The van der Waals surface area contributed by atoms with E-state index < -0.39 is 17.4 Å². The maximum absolute atomic E-state index is 12.4.